The first-order chi connectivity index (χ1) is 5.26. The molecule has 0 aromatic carbocycles. The molecule has 2 heteroatoms. The second kappa shape index (κ2) is 2.46. The predicted octanol–water partition coefficient (Wildman–Crippen LogP) is 0.995. The van der Waals surface area contributed by atoms with Gasteiger partial charge < -0.3 is 11.5 Å². The lowest BCUT2D eigenvalue weighted by Gasteiger charge is -2.33. The molecule has 0 amide bonds. The van der Waals surface area contributed by atoms with Gasteiger partial charge in [-0.05, 0) is 25.7 Å². The Morgan fingerprint density at radius 1 is 0.909 bits per heavy atom. The summed E-state index contributed by atoms with van der Waals surface area (Å²) in [4.78, 5) is 0. The molecule has 64 valence electrons. The standard InChI is InChI=1S/C9H18N2/c10-7-3-1-5-9(7)6-2-4-8(9)11/h7-8H,1-6,10-11H2/t7-,8?,9?/m1/s1. The Hall–Kier alpha value is -0.0800. The van der Waals surface area contributed by atoms with E-state index in [4.69, 9.17) is 11.5 Å². The third-order valence-corrected chi connectivity index (χ3v) is 3.79. The topological polar surface area (TPSA) is 52.0 Å². The lowest BCUT2D eigenvalue weighted by atomic mass is 9.78. The van der Waals surface area contributed by atoms with E-state index >= 15 is 0 Å². The van der Waals surface area contributed by atoms with Crippen molar-refractivity contribution in [2.24, 2.45) is 16.9 Å². The molecule has 2 aliphatic carbocycles. The molecule has 0 aliphatic heterocycles. The van der Waals surface area contributed by atoms with E-state index in [2.05, 4.69) is 0 Å². The molecule has 2 unspecified atom stereocenters. The minimum atomic E-state index is 0.361. The van der Waals surface area contributed by atoms with E-state index in [1.54, 1.807) is 0 Å². The summed E-state index contributed by atoms with van der Waals surface area (Å²) in [5.41, 5.74) is 12.5. The van der Waals surface area contributed by atoms with E-state index in [0.29, 0.717) is 17.5 Å². The zero-order valence-corrected chi connectivity index (χ0v) is 7.05. The molecule has 2 rings (SSSR count). The highest BCUT2D eigenvalue weighted by Crippen LogP contribution is 2.48. The average molecular weight is 154 g/mol. The quantitative estimate of drug-likeness (QED) is 0.547. The van der Waals surface area contributed by atoms with Gasteiger partial charge in [-0.2, -0.15) is 0 Å². The van der Waals surface area contributed by atoms with Gasteiger partial charge in [0.05, 0.1) is 0 Å². The Morgan fingerprint density at radius 2 is 1.36 bits per heavy atom. The lowest BCUT2D eigenvalue weighted by molar-refractivity contribution is 0.235. The van der Waals surface area contributed by atoms with Crippen molar-refractivity contribution in [1.82, 2.24) is 0 Å². The fraction of sp³-hybridized carbons (Fsp3) is 1.00. The molecule has 0 bridgehead atoms. The van der Waals surface area contributed by atoms with Gasteiger partial charge in [-0.25, -0.2) is 0 Å². The van der Waals surface area contributed by atoms with Crippen LogP contribution in [0.4, 0.5) is 0 Å². The van der Waals surface area contributed by atoms with Crippen LogP contribution in [0.2, 0.25) is 0 Å². The molecule has 4 N–H and O–H groups in total. The highest BCUT2D eigenvalue weighted by atomic mass is 14.8. The summed E-state index contributed by atoms with van der Waals surface area (Å²) in [5.74, 6) is 0. The van der Waals surface area contributed by atoms with E-state index < -0.39 is 0 Å². The molecule has 1 spiro atoms. The minimum absolute atomic E-state index is 0.361. The van der Waals surface area contributed by atoms with Gasteiger partial charge in [-0.3, -0.25) is 0 Å². The third kappa shape index (κ3) is 0.926. The summed E-state index contributed by atoms with van der Waals surface area (Å²) >= 11 is 0. The number of nitrogens with two attached hydrogens (primary N) is 2. The SMILES string of the molecule is NC1CCCC12CCC[C@H]2N. The number of hydrogen-bond donors (Lipinski definition) is 2. The van der Waals surface area contributed by atoms with Crippen molar-refractivity contribution in [1.29, 1.82) is 0 Å². The van der Waals surface area contributed by atoms with Gasteiger partial charge in [0.2, 0.25) is 0 Å². The molecule has 2 fully saturated rings. The van der Waals surface area contributed by atoms with Gasteiger partial charge in [-0.15, -0.1) is 0 Å². The van der Waals surface area contributed by atoms with Crippen molar-refractivity contribution in [2.75, 3.05) is 0 Å². The van der Waals surface area contributed by atoms with E-state index in [1.165, 1.54) is 38.5 Å². The second-order valence-electron chi connectivity index (χ2n) is 4.23. The predicted molar refractivity (Wildman–Crippen MR) is 46.1 cm³/mol. The molecule has 2 saturated carbocycles. The smallest absolute Gasteiger partial charge is 0.0110 e. The maximum Gasteiger partial charge on any atom is 0.0110 e. The van der Waals surface area contributed by atoms with Crippen LogP contribution in [0.15, 0.2) is 0 Å². The van der Waals surface area contributed by atoms with Gasteiger partial charge in [0.1, 0.15) is 0 Å². The first-order valence-electron chi connectivity index (χ1n) is 4.77. The zero-order chi connectivity index (χ0) is 7.90. The van der Waals surface area contributed by atoms with Crippen LogP contribution in [0.3, 0.4) is 0 Å². The summed E-state index contributed by atoms with van der Waals surface area (Å²) in [7, 11) is 0. The minimum Gasteiger partial charge on any atom is -0.327 e. The molecular weight excluding hydrogens is 136 g/mol. The molecule has 2 aliphatic rings. The Balaban J connectivity index is 2.19. The van der Waals surface area contributed by atoms with Crippen LogP contribution in [0.1, 0.15) is 38.5 Å². The van der Waals surface area contributed by atoms with Gasteiger partial charge >= 0.3 is 0 Å². The van der Waals surface area contributed by atoms with Gasteiger partial charge in [0.25, 0.3) is 0 Å². The van der Waals surface area contributed by atoms with Crippen molar-refractivity contribution in [3.63, 3.8) is 0 Å². The second-order valence-corrected chi connectivity index (χ2v) is 4.23. The molecule has 0 saturated heterocycles. The van der Waals surface area contributed by atoms with Crippen molar-refractivity contribution in [2.45, 2.75) is 50.6 Å². The molecule has 0 aromatic heterocycles. The summed E-state index contributed by atoms with van der Waals surface area (Å²) in [6.07, 6.45) is 7.58. The summed E-state index contributed by atoms with van der Waals surface area (Å²) in [6.45, 7) is 0. The van der Waals surface area contributed by atoms with Crippen molar-refractivity contribution >= 4 is 0 Å². The largest absolute Gasteiger partial charge is 0.327 e. The molecule has 0 heterocycles. The van der Waals surface area contributed by atoms with Crippen LogP contribution in [0.25, 0.3) is 0 Å². The van der Waals surface area contributed by atoms with Crippen molar-refractivity contribution in [3.05, 3.63) is 0 Å². The molecular formula is C9H18N2. The highest BCUT2D eigenvalue weighted by Gasteiger charge is 2.47. The van der Waals surface area contributed by atoms with Crippen LogP contribution in [0, 0.1) is 5.41 Å². The van der Waals surface area contributed by atoms with E-state index in [0.717, 1.165) is 0 Å². The summed E-state index contributed by atoms with van der Waals surface area (Å²) in [6, 6.07) is 0.806. The fourth-order valence-corrected chi connectivity index (χ4v) is 3.02. The van der Waals surface area contributed by atoms with Crippen LogP contribution in [-0.2, 0) is 0 Å². The highest BCUT2D eigenvalue weighted by molar-refractivity contribution is 5.04. The van der Waals surface area contributed by atoms with E-state index in [-0.39, 0.29) is 0 Å². The normalized spacial score (nSPS) is 50.7. The van der Waals surface area contributed by atoms with Crippen molar-refractivity contribution in [3.8, 4) is 0 Å². The van der Waals surface area contributed by atoms with Gasteiger partial charge in [-0.1, -0.05) is 12.8 Å². The molecule has 3 atom stereocenters. The number of hydrogen-bond acceptors (Lipinski definition) is 2. The molecule has 2 nitrogen and oxygen atoms in total. The maximum atomic E-state index is 6.09. The van der Waals surface area contributed by atoms with E-state index in [1.807, 2.05) is 0 Å². The van der Waals surface area contributed by atoms with Crippen LogP contribution in [0.5, 0.6) is 0 Å². The van der Waals surface area contributed by atoms with Gasteiger partial charge in [0, 0.05) is 17.5 Å². The zero-order valence-electron chi connectivity index (χ0n) is 7.05. The van der Waals surface area contributed by atoms with Crippen LogP contribution >= 0.6 is 0 Å². The Kier molecular flexibility index (Phi) is 1.69. The van der Waals surface area contributed by atoms with Crippen LogP contribution in [-0.4, -0.2) is 12.1 Å². The molecule has 11 heavy (non-hydrogen) atoms. The summed E-state index contributed by atoms with van der Waals surface area (Å²) in [5, 5.41) is 0. The molecule has 0 aromatic rings. The van der Waals surface area contributed by atoms with Crippen molar-refractivity contribution < 1.29 is 0 Å². The Bertz CT molecular complexity index is 138. The fourth-order valence-electron chi connectivity index (χ4n) is 3.02. The first kappa shape index (κ1) is 7.56. The number of rotatable bonds is 0. The summed E-state index contributed by atoms with van der Waals surface area (Å²) < 4.78 is 0. The average Bonchev–Trinajstić information content (AvgIpc) is 2.48. The van der Waals surface area contributed by atoms with Crippen LogP contribution < -0.4 is 11.5 Å². The Morgan fingerprint density at radius 3 is 1.64 bits per heavy atom. The van der Waals surface area contributed by atoms with Gasteiger partial charge in [0.15, 0.2) is 0 Å². The maximum absolute atomic E-state index is 6.09. The van der Waals surface area contributed by atoms with E-state index in [9.17, 15) is 0 Å². The first-order valence-corrected chi connectivity index (χ1v) is 4.77. The Labute approximate surface area is 68.3 Å². The monoisotopic (exact) mass is 154 g/mol. The molecule has 0 radical (unpaired) electrons. The third-order valence-electron chi connectivity index (χ3n) is 3.79. The lowest BCUT2D eigenvalue weighted by Crippen LogP contribution is -2.46.